The summed E-state index contributed by atoms with van der Waals surface area (Å²) in [5.41, 5.74) is 0. The Balaban J connectivity index is 3.68. The third kappa shape index (κ3) is 47.1. The van der Waals surface area contributed by atoms with E-state index >= 15 is 0 Å². The molecule has 3 N–H and O–H groups in total. The van der Waals surface area contributed by atoms with Crippen LogP contribution in [0.15, 0.2) is 158 Å². The number of rotatable bonds is 42. The van der Waals surface area contributed by atoms with Crippen molar-refractivity contribution >= 4 is 5.91 Å². The van der Waals surface area contributed by atoms with Gasteiger partial charge in [-0.05, 0) is 116 Å². The second-order valence-corrected chi connectivity index (χ2v) is 15.8. The quantitative estimate of drug-likeness (QED) is 0.0423. The summed E-state index contributed by atoms with van der Waals surface area (Å²) in [4.78, 5) is 12.3. The molecule has 62 heavy (non-hydrogen) atoms. The molecule has 0 fully saturated rings. The van der Waals surface area contributed by atoms with Crippen LogP contribution in [-0.2, 0) is 4.79 Å². The maximum absolute atomic E-state index is 12.3. The Labute approximate surface area is 382 Å². The van der Waals surface area contributed by atoms with E-state index in [1.54, 1.807) is 6.08 Å². The molecule has 0 rings (SSSR count). The lowest BCUT2D eigenvalue weighted by Gasteiger charge is -2.19. The van der Waals surface area contributed by atoms with Crippen LogP contribution in [0.3, 0.4) is 0 Å². The number of hydrogen-bond donors (Lipinski definition) is 3. The average molecular weight is 850 g/mol. The summed E-state index contributed by atoms with van der Waals surface area (Å²) in [6.45, 7) is 4.10. The number of aliphatic hydroxyl groups excluding tert-OH is 2. The molecule has 4 nitrogen and oxygen atoms in total. The van der Waals surface area contributed by atoms with Gasteiger partial charge in [0.15, 0.2) is 0 Å². The Hall–Kier alpha value is -3.99. The molecule has 0 saturated carbocycles. The topological polar surface area (TPSA) is 69.6 Å². The number of aliphatic hydroxyl groups is 2. The standard InChI is InChI=1S/C58H91NO3/c1-3-5-7-9-11-13-14-15-16-17-18-19-20-21-22-23-24-25-26-27-28-29-30-31-32-33-34-35-36-37-38-39-40-41-42-43-44-46-48-50-52-54-58(62)59-56(55-60)57(61)53-51-49-47-45-12-10-8-6-4-2/h5,7,11-13,15-16,18-19,21-22,24-25,27-28,30-31,33-34,36-37,39-40,45,51,53,56-57,60-61H,3-4,6,8-10,14,17,20,23,26,29,32,35,38,41-44,46-50,52,54-55H2,1-2H3,(H,59,62)/b7-5-,13-11-,16-15-,19-18-,22-21-,25-24-,28-27-,31-30-,34-33-,37-36-,40-39-,45-12+,53-51+. The van der Waals surface area contributed by atoms with Gasteiger partial charge in [-0.1, -0.05) is 217 Å². The fourth-order valence-electron chi connectivity index (χ4n) is 6.25. The van der Waals surface area contributed by atoms with E-state index in [2.05, 4.69) is 165 Å². The Morgan fingerprint density at radius 1 is 0.403 bits per heavy atom. The summed E-state index contributed by atoms with van der Waals surface area (Å²) in [6.07, 6.45) is 83.8. The molecular formula is C58H91NO3. The number of carbonyl (C=O) groups excluding carboxylic acids is 1. The van der Waals surface area contributed by atoms with Crippen molar-refractivity contribution in [3.05, 3.63) is 158 Å². The molecule has 0 aliphatic carbocycles. The lowest BCUT2D eigenvalue weighted by molar-refractivity contribution is -0.123. The molecule has 0 aliphatic heterocycles. The van der Waals surface area contributed by atoms with Crippen LogP contribution in [-0.4, -0.2) is 34.9 Å². The number of allylic oxidation sites excluding steroid dienone is 25. The van der Waals surface area contributed by atoms with Crippen LogP contribution >= 0.6 is 0 Å². The van der Waals surface area contributed by atoms with Crippen molar-refractivity contribution in [3.63, 3.8) is 0 Å². The molecule has 346 valence electrons. The molecule has 4 heteroatoms. The van der Waals surface area contributed by atoms with Gasteiger partial charge in [0.25, 0.3) is 0 Å². The molecule has 2 atom stereocenters. The van der Waals surface area contributed by atoms with E-state index in [1.165, 1.54) is 44.9 Å². The molecule has 0 bridgehead atoms. The van der Waals surface area contributed by atoms with Crippen LogP contribution in [0.5, 0.6) is 0 Å². The van der Waals surface area contributed by atoms with Crippen molar-refractivity contribution in [2.45, 2.75) is 193 Å². The highest BCUT2D eigenvalue weighted by Gasteiger charge is 2.17. The second kappa shape index (κ2) is 51.4. The van der Waals surface area contributed by atoms with Gasteiger partial charge in [0, 0.05) is 6.42 Å². The molecule has 0 aliphatic rings. The second-order valence-electron chi connectivity index (χ2n) is 15.8. The van der Waals surface area contributed by atoms with E-state index in [1.807, 2.05) is 6.08 Å². The van der Waals surface area contributed by atoms with Crippen molar-refractivity contribution in [2.24, 2.45) is 0 Å². The van der Waals surface area contributed by atoms with Gasteiger partial charge in [0.1, 0.15) is 0 Å². The highest BCUT2D eigenvalue weighted by Crippen LogP contribution is 2.11. The molecule has 0 aromatic heterocycles. The van der Waals surface area contributed by atoms with Gasteiger partial charge in [0.05, 0.1) is 18.8 Å². The predicted octanol–water partition coefficient (Wildman–Crippen LogP) is 16.2. The van der Waals surface area contributed by atoms with Crippen molar-refractivity contribution in [1.29, 1.82) is 0 Å². The van der Waals surface area contributed by atoms with Crippen LogP contribution in [0.4, 0.5) is 0 Å². The summed E-state index contributed by atoms with van der Waals surface area (Å²) < 4.78 is 0. The average Bonchev–Trinajstić information content (AvgIpc) is 3.28. The Morgan fingerprint density at radius 2 is 0.726 bits per heavy atom. The summed E-state index contributed by atoms with van der Waals surface area (Å²) in [5, 5.41) is 22.8. The highest BCUT2D eigenvalue weighted by molar-refractivity contribution is 5.76. The molecule has 0 aromatic rings. The third-order valence-corrected chi connectivity index (χ3v) is 9.99. The molecule has 0 radical (unpaired) electrons. The normalized spacial score (nSPS) is 14.3. The highest BCUT2D eigenvalue weighted by atomic mass is 16.3. The first kappa shape index (κ1) is 58.0. The van der Waals surface area contributed by atoms with Crippen molar-refractivity contribution in [1.82, 2.24) is 5.32 Å². The van der Waals surface area contributed by atoms with E-state index in [9.17, 15) is 15.0 Å². The molecule has 0 saturated heterocycles. The number of nitrogens with one attached hydrogen (secondary N) is 1. The largest absolute Gasteiger partial charge is 0.394 e. The van der Waals surface area contributed by atoms with E-state index in [0.717, 1.165) is 116 Å². The van der Waals surface area contributed by atoms with E-state index in [-0.39, 0.29) is 12.5 Å². The first-order chi connectivity index (χ1) is 30.7. The molecular weight excluding hydrogens is 759 g/mol. The van der Waals surface area contributed by atoms with Gasteiger partial charge < -0.3 is 15.5 Å². The van der Waals surface area contributed by atoms with E-state index in [4.69, 9.17) is 0 Å². The van der Waals surface area contributed by atoms with Crippen LogP contribution < -0.4 is 5.32 Å². The van der Waals surface area contributed by atoms with Crippen LogP contribution in [0.25, 0.3) is 0 Å². The van der Waals surface area contributed by atoms with Crippen molar-refractivity contribution in [2.75, 3.05) is 6.61 Å². The minimum atomic E-state index is -0.875. The van der Waals surface area contributed by atoms with Crippen LogP contribution in [0, 0.1) is 0 Å². The molecule has 0 aromatic carbocycles. The monoisotopic (exact) mass is 850 g/mol. The number of unbranched alkanes of at least 4 members (excludes halogenated alkanes) is 11. The lowest BCUT2D eigenvalue weighted by Crippen LogP contribution is -2.45. The van der Waals surface area contributed by atoms with Gasteiger partial charge in [-0.3, -0.25) is 4.79 Å². The van der Waals surface area contributed by atoms with Gasteiger partial charge in [-0.15, -0.1) is 0 Å². The summed E-state index contributed by atoms with van der Waals surface area (Å²) in [6, 6.07) is -0.654. The van der Waals surface area contributed by atoms with E-state index in [0.29, 0.717) is 6.42 Å². The maximum Gasteiger partial charge on any atom is 0.220 e. The summed E-state index contributed by atoms with van der Waals surface area (Å²) in [7, 11) is 0. The number of amides is 1. The van der Waals surface area contributed by atoms with E-state index < -0.39 is 12.1 Å². The summed E-state index contributed by atoms with van der Waals surface area (Å²) >= 11 is 0. The lowest BCUT2D eigenvalue weighted by atomic mass is 10.1. The number of carbonyl (C=O) groups is 1. The number of hydrogen-bond acceptors (Lipinski definition) is 3. The van der Waals surface area contributed by atoms with Gasteiger partial charge in [-0.2, -0.15) is 0 Å². The maximum atomic E-state index is 12.3. The van der Waals surface area contributed by atoms with Crippen molar-refractivity contribution < 1.29 is 15.0 Å². The van der Waals surface area contributed by atoms with Crippen LogP contribution in [0.2, 0.25) is 0 Å². The third-order valence-electron chi connectivity index (χ3n) is 9.99. The fourth-order valence-corrected chi connectivity index (χ4v) is 6.25. The minimum Gasteiger partial charge on any atom is -0.394 e. The van der Waals surface area contributed by atoms with Crippen LogP contribution in [0.1, 0.15) is 181 Å². The zero-order valence-corrected chi connectivity index (χ0v) is 39.6. The minimum absolute atomic E-state index is 0.0965. The predicted molar refractivity (Wildman–Crippen MR) is 275 cm³/mol. The zero-order chi connectivity index (χ0) is 44.9. The first-order valence-electron chi connectivity index (χ1n) is 24.7. The summed E-state index contributed by atoms with van der Waals surface area (Å²) in [5.74, 6) is -0.0965. The molecule has 2 unspecified atom stereocenters. The van der Waals surface area contributed by atoms with Gasteiger partial charge >= 0.3 is 0 Å². The van der Waals surface area contributed by atoms with Gasteiger partial charge in [0.2, 0.25) is 5.91 Å². The SMILES string of the molecule is CC/C=C\C/C=C\C/C=C\C/C=C\C/C=C\C/C=C\C/C=C\C/C=C\C/C=C\C/C=C\C/C=C\CCCCCCCCCC(=O)NC(CO)C(O)/C=C/CC/C=C/CCCCC. The van der Waals surface area contributed by atoms with Crippen molar-refractivity contribution in [3.8, 4) is 0 Å². The first-order valence-corrected chi connectivity index (χ1v) is 24.7. The molecule has 0 spiro atoms. The van der Waals surface area contributed by atoms with Gasteiger partial charge in [-0.25, -0.2) is 0 Å². The Kier molecular flexibility index (Phi) is 48.1. The molecule has 1 amide bonds. The fraction of sp³-hybridized carbons (Fsp3) is 0.534. The Bertz CT molecular complexity index is 1380. The smallest absolute Gasteiger partial charge is 0.220 e. The zero-order valence-electron chi connectivity index (χ0n) is 39.6. The molecule has 0 heterocycles. The Morgan fingerprint density at radius 3 is 1.13 bits per heavy atom.